The summed E-state index contributed by atoms with van der Waals surface area (Å²) < 4.78 is 1.06. The standard InChI is InChI=1S/C13H12BrN3S/c1-8-6-9(14)2-4-11(8)17-10-3-5-12(13(15)18)16-7-10/h2-7,17H,1H3,(H2,15,18). The number of hydrogen-bond acceptors (Lipinski definition) is 3. The summed E-state index contributed by atoms with van der Waals surface area (Å²) >= 11 is 8.30. The summed E-state index contributed by atoms with van der Waals surface area (Å²) in [6.07, 6.45) is 1.72. The number of nitrogens with one attached hydrogen (secondary N) is 1. The minimum atomic E-state index is 0.307. The molecule has 0 amide bonds. The highest BCUT2D eigenvalue weighted by Gasteiger charge is 2.01. The van der Waals surface area contributed by atoms with Crippen LogP contribution in [0.3, 0.4) is 0 Å². The number of aryl methyl sites for hydroxylation is 1. The molecule has 0 radical (unpaired) electrons. The fourth-order valence-corrected chi connectivity index (χ4v) is 2.13. The molecule has 92 valence electrons. The molecule has 18 heavy (non-hydrogen) atoms. The minimum Gasteiger partial charge on any atom is -0.388 e. The highest BCUT2D eigenvalue weighted by molar-refractivity contribution is 9.10. The third-order valence-corrected chi connectivity index (χ3v) is 3.19. The first-order valence-corrected chi connectivity index (χ1v) is 6.55. The van der Waals surface area contributed by atoms with Crippen LogP contribution in [-0.2, 0) is 0 Å². The fourth-order valence-electron chi connectivity index (χ4n) is 1.54. The molecule has 1 aromatic carbocycles. The van der Waals surface area contributed by atoms with Gasteiger partial charge in [0.15, 0.2) is 0 Å². The molecule has 0 spiro atoms. The van der Waals surface area contributed by atoms with Crippen LogP contribution in [0.2, 0.25) is 0 Å². The molecule has 0 atom stereocenters. The lowest BCUT2D eigenvalue weighted by Gasteiger charge is -2.10. The van der Waals surface area contributed by atoms with Crippen LogP contribution in [0.5, 0.6) is 0 Å². The Balaban J connectivity index is 2.21. The van der Waals surface area contributed by atoms with Gasteiger partial charge >= 0.3 is 0 Å². The van der Waals surface area contributed by atoms with E-state index in [0.29, 0.717) is 10.7 Å². The zero-order valence-electron chi connectivity index (χ0n) is 9.77. The molecule has 3 N–H and O–H groups in total. The molecule has 0 unspecified atom stereocenters. The van der Waals surface area contributed by atoms with E-state index in [2.05, 4.69) is 32.3 Å². The summed E-state index contributed by atoms with van der Waals surface area (Å²) in [5.74, 6) is 0. The van der Waals surface area contributed by atoms with Gasteiger partial charge in [-0.3, -0.25) is 4.98 Å². The van der Waals surface area contributed by atoms with Gasteiger partial charge in [-0.05, 0) is 42.8 Å². The van der Waals surface area contributed by atoms with Crippen molar-refractivity contribution >= 4 is 44.5 Å². The van der Waals surface area contributed by atoms with Crippen LogP contribution in [0.1, 0.15) is 11.3 Å². The Labute approximate surface area is 120 Å². The molecule has 1 heterocycles. The molecule has 3 nitrogen and oxygen atoms in total. The lowest BCUT2D eigenvalue weighted by atomic mass is 10.2. The summed E-state index contributed by atoms with van der Waals surface area (Å²) in [4.78, 5) is 4.49. The maximum atomic E-state index is 5.50. The Hall–Kier alpha value is -1.46. The van der Waals surface area contributed by atoms with Crippen molar-refractivity contribution in [1.82, 2.24) is 4.98 Å². The van der Waals surface area contributed by atoms with E-state index >= 15 is 0 Å². The predicted molar refractivity (Wildman–Crippen MR) is 82.3 cm³/mol. The number of benzene rings is 1. The van der Waals surface area contributed by atoms with Crippen molar-refractivity contribution in [3.05, 3.63) is 52.3 Å². The average molecular weight is 322 g/mol. The highest BCUT2D eigenvalue weighted by atomic mass is 79.9. The Bertz CT molecular complexity index is 581. The summed E-state index contributed by atoms with van der Waals surface area (Å²) in [5.41, 5.74) is 9.23. The van der Waals surface area contributed by atoms with Gasteiger partial charge in [0.1, 0.15) is 4.99 Å². The Morgan fingerprint density at radius 3 is 2.67 bits per heavy atom. The molecule has 2 aromatic rings. The number of anilines is 2. The van der Waals surface area contributed by atoms with Gasteiger partial charge in [-0.25, -0.2) is 0 Å². The molecule has 0 saturated carbocycles. The van der Waals surface area contributed by atoms with Gasteiger partial charge in [0.25, 0.3) is 0 Å². The lowest BCUT2D eigenvalue weighted by Crippen LogP contribution is -2.11. The largest absolute Gasteiger partial charge is 0.388 e. The van der Waals surface area contributed by atoms with E-state index in [-0.39, 0.29) is 0 Å². The number of hydrogen-bond donors (Lipinski definition) is 2. The molecular formula is C13H12BrN3S. The first-order valence-electron chi connectivity index (χ1n) is 5.35. The molecule has 0 fully saturated rings. The first kappa shape index (κ1) is 13.0. The maximum Gasteiger partial charge on any atom is 0.122 e. The van der Waals surface area contributed by atoms with E-state index in [0.717, 1.165) is 21.4 Å². The maximum absolute atomic E-state index is 5.50. The van der Waals surface area contributed by atoms with Gasteiger partial charge in [0.05, 0.1) is 17.6 Å². The van der Waals surface area contributed by atoms with E-state index in [9.17, 15) is 0 Å². The number of nitrogens with two attached hydrogens (primary N) is 1. The molecular weight excluding hydrogens is 310 g/mol. The average Bonchev–Trinajstić information content (AvgIpc) is 2.33. The Kier molecular flexibility index (Phi) is 3.93. The van der Waals surface area contributed by atoms with Crippen molar-refractivity contribution in [2.75, 3.05) is 5.32 Å². The topological polar surface area (TPSA) is 50.9 Å². The normalized spacial score (nSPS) is 10.1. The summed E-state index contributed by atoms with van der Waals surface area (Å²) in [6.45, 7) is 2.05. The van der Waals surface area contributed by atoms with Crippen molar-refractivity contribution in [2.45, 2.75) is 6.92 Å². The molecule has 5 heteroatoms. The number of rotatable bonds is 3. The van der Waals surface area contributed by atoms with Crippen LogP contribution in [-0.4, -0.2) is 9.97 Å². The number of aromatic nitrogens is 1. The minimum absolute atomic E-state index is 0.307. The van der Waals surface area contributed by atoms with Gasteiger partial charge in [-0.15, -0.1) is 0 Å². The molecule has 1 aromatic heterocycles. The Morgan fingerprint density at radius 2 is 2.11 bits per heavy atom. The summed E-state index contributed by atoms with van der Waals surface area (Å²) in [7, 11) is 0. The fraction of sp³-hybridized carbons (Fsp3) is 0.0769. The second-order valence-corrected chi connectivity index (χ2v) is 5.24. The van der Waals surface area contributed by atoms with Gasteiger partial charge in [0.2, 0.25) is 0 Å². The van der Waals surface area contributed by atoms with Gasteiger partial charge in [-0.2, -0.15) is 0 Å². The molecule has 0 aliphatic rings. The van der Waals surface area contributed by atoms with Crippen LogP contribution >= 0.6 is 28.1 Å². The van der Waals surface area contributed by atoms with Crippen LogP contribution in [0.4, 0.5) is 11.4 Å². The van der Waals surface area contributed by atoms with E-state index in [1.807, 2.05) is 25.1 Å². The van der Waals surface area contributed by atoms with Crippen molar-refractivity contribution in [2.24, 2.45) is 5.73 Å². The van der Waals surface area contributed by atoms with E-state index in [1.165, 1.54) is 0 Å². The second-order valence-electron chi connectivity index (χ2n) is 3.88. The van der Waals surface area contributed by atoms with Gasteiger partial charge in [-0.1, -0.05) is 28.1 Å². The van der Waals surface area contributed by atoms with Crippen LogP contribution in [0.15, 0.2) is 41.0 Å². The molecule has 0 saturated heterocycles. The molecule has 2 rings (SSSR count). The molecule has 0 bridgehead atoms. The SMILES string of the molecule is Cc1cc(Br)ccc1Nc1ccc(C(N)=S)nc1. The smallest absolute Gasteiger partial charge is 0.122 e. The lowest BCUT2D eigenvalue weighted by molar-refractivity contribution is 1.28. The van der Waals surface area contributed by atoms with Crippen LogP contribution in [0.25, 0.3) is 0 Å². The second kappa shape index (κ2) is 5.46. The van der Waals surface area contributed by atoms with Crippen molar-refractivity contribution in [3.8, 4) is 0 Å². The van der Waals surface area contributed by atoms with E-state index in [4.69, 9.17) is 18.0 Å². The first-order chi connectivity index (χ1) is 8.56. The van der Waals surface area contributed by atoms with Gasteiger partial charge in [0, 0.05) is 10.2 Å². The zero-order valence-corrected chi connectivity index (χ0v) is 12.2. The van der Waals surface area contributed by atoms with Crippen LogP contribution < -0.4 is 11.1 Å². The summed E-state index contributed by atoms with van der Waals surface area (Å²) in [5, 5.41) is 3.30. The van der Waals surface area contributed by atoms with Crippen molar-refractivity contribution < 1.29 is 0 Å². The Morgan fingerprint density at radius 1 is 1.33 bits per heavy atom. The molecule has 0 aliphatic heterocycles. The number of pyridine rings is 1. The quantitative estimate of drug-likeness (QED) is 0.849. The number of nitrogens with zero attached hydrogens (tertiary/aromatic N) is 1. The van der Waals surface area contributed by atoms with Crippen molar-refractivity contribution in [3.63, 3.8) is 0 Å². The van der Waals surface area contributed by atoms with E-state index in [1.54, 1.807) is 12.3 Å². The monoisotopic (exact) mass is 321 g/mol. The highest BCUT2D eigenvalue weighted by Crippen LogP contribution is 2.23. The third kappa shape index (κ3) is 3.05. The number of thiocarbonyl (C=S) groups is 1. The third-order valence-electron chi connectivity index (χ3n) is 2.48. The summed E-state index contributed by atoms with van der Waals surface area (Å²) in [6, 6.07) is 9.77. The zero-order chi connectivity index (χ0) is 13.1. The van der Waals surface area contributed by atoms with Gasteiger partial charge < -0.3 is 11.1 Å². The molecule has 0 aliphatic carbocycles. The van der Waals surface area contributed by atoms with Crippen molar-refractivity contribution in [1.29, 1.82) is 0 Å². The number of halogens is 1. The van der Waals surface area contributed by atoms with E-state index < -0.39 is 0 Å². The predicted octanol–water partition coefficient (Wildman–Crippen LogP) is 3.53. The van der Waals surface area contributed by atoms with Crippen LogP contribution in [0, 0.1) is 6.92 Å².